The summed E-state index contributed by atoms with van der Waals surface area (Å²) in [5, 5.41) is 0. The highest BCUT2D eigenvalue weighted by Gasteiger charge is 2.42. The van der Waals surface area contributed by atoms with Crippen molar-refractivity contribution in [1.82, 2.24) is 24.1 Å². The molecule has 2 amide bonds. The van der Waals surface area contributed by atoms with Crippen LogP contribution in [0.1, 0.15) is 45.9 Å². The number of carbonyl (C=O) groups excluding carboxylic acids is 2. The normalized spacial score (nSPS) is 18.7. The van der Waals surface area contributed by atoms with E-state index in [2.05, 4.69) is 49.6 Å². The molecule has 0 aliphatic carbocycles. The number of pyridine rings is 1. The van der Waals surface area contributed by atoms with Gasteiger partial charge in [-0.1, -0.05) is 48.5 Å². The van der Waals surface area contributed by atoms with Gasteiger partial charge in [-0.2, -0.15) is 0 Å². The number of nitrogens with zero attached hydrogens (tertiary/aromatic N) is 5. The summed E-state index contributed by atoms with van der Waals surface area (Å²) in [7, 11) is 1.38. The lowest BCUT2D eigenvalue weighted by atomic mass is 9.99. The monoisotopic (exact) mass is 523 g/mol. The second kappa shape index (κ2) is 10.9. The fourth-order valence-electron chi connectivity index (χ4n) is 5.96. The van der Waals surface area contributed by atoms with E-state index >= 15 is 0 Å². The zero-order valence-electron chi connectivity index (χ0n) is 22.1. The van der Waals surface area contributed by atoms with Crippen molar-refractivity contribution in [2.75, 3.05) is 26.7 Å². The molecule has 2 saturated heterocycles. The molecule has 0 N–H and O–H groups in total. The average Bonchev–Trinajstić information content (AvgIpc) is 3.57. The Kier molecular flexibility index (Phi) is 7.02. The van der Waals surface area contributed by atoms with Gasteiger partial charge in [-0.25, -0.2) is 14.6 Å². The molecule has 2 aliphatic heterocycles. The van der Waals surface area contributed by atoms with E-state index in [-0.39, 0.29) is 24.1 Å². The molecule has 4 heterocycles. The lowest BCUT2D eigenvalue weighted by Gasteiger charge is -2.39. The van der Waals surface area contributed by atoms with Gasteiger partial charge in [0.2, 0.25) is 0 Å². The molecule has 1 atom stereocenters. The van der Waals surface area contributed by atoms with Crippen molar-refractivity contribution >= 4 is 17.6 Å². The summed E-state index contributed by atoms with van der Waals surface area (Å²) < 4.78 is 6.94. The van der Waals surface area contributed by atoms with Crippen molar-refractivity contribution in [2.45, 2.75) is 38.0 Å². The van der Waals surface area contributed by atoms with Crippen LogP contribution < -0.4 is 0 Å². The number of ether oxygens (including phenoxy) is 1. The zero-order chi connectivity index (χ0) is 26.8. The Bertz CT molecular complexity index is 1460. The van der Waals surface area contributed by atoms with Gasteiger partial charge in [0, 0.05) is 57.4 Å². The topological polar surface area (TPSA) is 70.4 Å². The minimum absolute atomic E-state index is 0.00249. The summed E-state index contributed by atoms with van der Waals surface area (Å²) in [5.74, 6) is -0.370. The average molecular weight is 524 g/mol. The second-order valence-electron chi connectivity index (χ2n) is 10.4. The Morgan fingerprint density at radius 1 is 0.974 bits per heavy atom. The van der Waals surface area contributed by atoms with Crippen LogP contribution in [-0.4, -0.2) is 68.9 Å². The van der Waals surface area contributed by atoms with Crippen molar-refractivity contribution in [2.24, 2.45) is 0 Å². The van der Waals surface area contributed by atoms with Gasteiger partial charge in [-0.15, -0.1) is 0 Å². The van der Waals surface area contributed by atoms with Gasteiger partial charge in [0.25, 0.3) is 0 Å². The van der Waals surface area contributed by atoms with Gasteiger partial charge in [0.1, 0.15) is 5.65 Å². The predicted octanol–water partition coefficient (Wildman–Crippen LogP) is 4.76. The number of amides is 2. The first-order valence-electron chi connectivity index (χ1n) is 13.5. The maximum atomic E-state index is 13.9. The molecule has 4 aromatic rings. The largest absolute Gasteiger partial charge is 0.465 e. The third-order valence-electron chi connectivity index (χ3n) is 7.93. The number of hydrogen-bond acceptors (Lipinski definition) is 5. The molecule has 6 rings (SSSR count). The molecule has 2 fully saturated rings. The van der Waals surface area contributed by atoms with E-state index in [1.807, 2.05) is 53.7 Å². The fourth-order valence-corrected chi connectivity index (χ4v) is 5.96. The number of benzene rings is 2. The Balaban J connectivity index is 1.16. The van der Waals surface area contributed by atoms with Crippen LogP contribution in [0.25, 0.3) is 5.65 Å². The number of rotatable bonds is 7. The van der Waals surface area contributed by atoms with Gasteiger partial charge in [0.05, 0.1) is 18.7 Å². The van der Waals surface area contributed by atoms with E-state index < -0.39 is 0 Å². The first kappa shape index (κ1) is 25.1. The lowest BCUT2D eigenvalue weighted by Crippen LogP contribution is -2.47. The number of piperidine rings is 1. The van der Waals surface area contributed by atoms with Crippen molar-refractivity contribution in [3.05, 3.63) is 108 Å². The van der Waals surface area contributed by atoms with Crippen LogP contribution in [0.15, 0.2) is 85.3 Å². The van der Waals surface area contributed by atoms with Crippen LogP contribution in [0.5, 0.6) is 0 Å². The molecule has 2 aromatic heterocycles. The van der Waals surface area contributed by atoms with E-state index in [1.54, 1.807) is 6.07 Å². The molecule has 200 valence electrons. The number of urea groups is 1. The Morgan fingerprint density at radius 3 is 2.59 bits per heavy atom. The van der Waals surface area contributed by atoms with Crippen LogP contribution in [0.4, 0.5) is 4.79 Å². The summed E-state index contributed by atoms with van der Waals surface area (Å²) in [5.41, 5.74) is 4.80. The third kappa shape index (κ3) is 5.25. The molecule has 8 nitrogen and oxygen atoms in total. The minimum Gasteiger partial charge on any atom is -0.465 e. The van der Waals surface area contributed by atoms with E-state index in [0.717, 1.165) is 49.2 Å². The van der Waals surface area contributed by atoms with Crippen molar-refractivity contribution in [3.8, 4) is 0 Å². The van der Waals surface area contributed by atoms with Gasteiger partial charge >= 0.3 is 12.0 Å². The van der Waals surface area contributed by atoms with Crippen LogP contribution in [0, 0.1) is 0 Å². The number of imidazole rings is 1. The molecule has 2 aliphatic rings. The van der Waals surface area contributed by atoms with Gasteiger partial charge in [-0.3, -0.25) is 4.90 Å². The number of esters is 1. The summed E-state index contributed by atoms with van der Waals surface area (Å²) >= 11 is 0. The summed E-state index contributed by atoms with van der Waals surface area (Å²) in [6, 6.07) is 22.2. The highest BCUT2D eigenvalue weighted by Crippen LogP contribution is 2.35. The number of fused-ring (bicyclic) bond motifs is 1. The quantitative estimate of drug-likeness (QED) is 0.327. The molecule has 0 spiro atoms. The van der Waals surface area contributed by atoms with E-state index in [0.29, 0.717) is 18.7 Å². The molecule has 0 unspecified atom stereocenters. The molecule has 0 radical (unpaired) electrons. The Morgan fingerprint density at radius 2 is 1.79 bits per heavy atom. The molecular weight excluding hydrogens is 490 g/mol. The zero-order valence-corrected chi connectivity index (χ0v) is 22.1. The second-order valence-corrected chi connectivity index (χ2v) is 10.4. The SMILES string of the molecule is COC(=O)c1cccc(CN2C[C@@H](c3ccccc3)N(C3CCN(Cc4ccc5nccn5c4)CC3)C2=O)c1. The van der Waals surface area contributed by atoms with Gasteiger partial charge in [0.15, 0.2) is 0 Å². The minimum atomic E-state index is -0.370. The number of carbonyl (C=O) groups is 2. The van der Waals surface area contributed by atoms with Crippen molar-refractivity contribution in [3.63, 3.8) is 0 Å². The van der Waals surface area contributed by atoms with Crippen LogP contribution in [0.3, 0.4) is 0 Å². The molecule has 8 heteroatoms. The smallest absolute Gasteiger partial charge is 0.337 e. The van der Waals surface area contributed by atoms with Gasteiger partial charge < -0.3 is 18.9 Å². The van der Waals surface area contributed by atoms with Crippen LogP contribution >= 0.6 is 0 Å². The maximum absolute atomic E-state index is 13.9. The number of aromatic nitrogens is 2. The molecule has 39 heavy (non-hydrogen) atoms. The summed E-state index contributed by atoms with van der Waals surface area (Å²) in [6.07, 6.45) is 7.82. The summed E-state index contributed by atoms with van der Waals surface area (Å²) in [6.45, 7) is 3.85. The molecule has 0 bridgehead atoms. The highest BCUT2D eigenvalue weighted by atomic mass is 16.5. The Hall–Kier alpha value is -4.17. The van der Waals surface area contributed by atoms with Crippen LogP contribution in [-0.2, 0) is 17.8 Å². The lowest BCUT2D eigenvalue weighted by molar-refractivity contribution is 0.0600. The first-order chi connectivity index (χ1) is 19.1. The standard InChI is InChI=1S/C31H33N5O3/c1-39-30(37)26-9-5-6-23(18-26)20-35-22-28(25-7-3-2-4-8-25)36(31(35)38)27-12-15-33(16-13-27)19-24-10-11-29-32-14-17-34(29)21-24/h2-11,14,17-18,21,27-28H,12-13,15-16,19-20,22H2,1H3/t28-/m0/s1. The van der Waals surface area contributed by atoms with Gasteiger partial charge in [-0.05, 0) is 47.7 Å². The molecular formula is C31H33N5O3. The van der Waals surface area contributed by atoms with E-state index in [4.69, 9.17) is 4.74 Å². The highest BCUT2D eigenvalue weighted by molar-refractivity contribution is 5.89. The first-order valence-corrected chi connectivity index (χ1v) is 13.5. The van der Waals surface area contributed by atoms with E-state index in [1.165, 1.54) is 12.7 Å². The predicted molar refractivity (Wildman–Crippen MR) is 148 cm³/mol. The van der Waals surface area contributed by atoms with Crippen molar-refractivity contribution < 1.29 is 14.3 Å². The maximum Gasteiger partial charge on any atom is 0.337 e. The number of hydrogen-bond donors (Lipinski definition) is 0. The third-order valence-corrected chi connectivity index (χ3v) is 7.93. The van der Waals surface area contributed by atoms with Crippen molar-refractivity contribution in [1.29, 1.82) is 0 Å². The number of likely N-dealkylation sites (tertiary alicyclic amines) is 1. The fraction of sp³-hybridized carbons (Fsp3) is 0.323. The molecule has 0 saturated carbocycles. The van der Waals surface area contributed by atoms with Crippen LogP contribution in [0.2, 0.25) is 0 Å². The summed E-state index contributed by atoms with van der Waals surface area (Å²) in [4.78, 5) is 36.8. The molecule has 2 aromatic carbocycles. The van der Waals surface area contributed by atoms with E-state index in [9.17, 15) is 9.59 Å². The Labute approximate surface area is 228 Å². The number of methoxy groups -OCH3 is 1.